The van der Waals surface area contributed by atoms with Crippen molar-refractivity contribution >= 4 is 5.91 Å². The molecule has 1 N–H and O–H groups in total. The Balaban J connectivity index is 1.92. The van der Waals surface area contributed by atoms with Gasteiger partial charge in [-0.3, -0.25) is 4.79 Å². The van der Waals surface area contributed by atoms with Crippen LogP contribution >= 0.6 is 0 Å². The van der Waals surface area contributed by atoms with Crippen molar-refractivity contribution in [3.05, 3.63) is 59.2 Å². The minimum Gasteiger partial charge on any atom is -0.401 e. The summed E-state index contributed by atoms with van der Waals surface area (Å²) in [4.78, 5) is 23.7. The lowest BCUT2D eigenvalue weighted by Crippen LogP contribution is -2.28. The first-order chi connectivity index (χ1) is 15.8. The van der Waals surface area contributed by atoms with E-state index in [1.807, 2.05) is 0 Å². The molecule has 16 heteroatoms. The average molecular weight is 496 g/mol. The minimum atomic E-state index is -5.15. The summed E-state index contributed by atoms with van der Waals surface area (Å²) in [6, 6.07) is -0.254. The van der Waals surface area contributed by atoms with Crippen molar-refractivity contribution in [2.45, 2.75) is 31.9 Å². The second kappa shape index (κ2) is 9.18. The van der Waals surface area contributed by atoms with E-state index in [0.717, 1.165) is 0 Å². The third-order valence-corrected chi connectivity index (χ3v) is 4.11. The lowest BCUT2D eigenvalue weighted by atomic mass is 10.0. The molecule has 2 heterocycles. The van der Waals surface area contributed by atoms with Crippen LogP contribution in [-0.2, 0) is 12.4 Å². The summed E-state index contributed by atoms with van der Waals surface area (Å²) in [5, 5.41) is 5.96. The van der Waals surface area contributed by atoms with Crippen LogP contribution < -0.4 is 10.1 Å². The second-order valence-electron chi connectivity index (χ2n) is 6.58. The van der Waals surface area contributed by atoms with Crippen LogP contribution in [0.25, 0.3) is 5.95 Å². The van der Waals surface area contributed by atoms with E-state index in [1.165, 1.54) is 25.4 Å². The number of amides is 1. The Morgan fingerprint density at radius 2 is 1.56 bits per heavy atom. The zero-order chi connectivity index (χ0) is 25.3. The van der Waals surface area contributed by atoms with Gasteiger partial charge in [-0.15, -0.1) is 9.78 Å². The van der Waals surface area contributed by atoms with Crippen LogP contribution in [0.4, 0.5) is 35.1 Å². The van der Waals surface area contributed by atoms with Crippen molar-refractivity contribution in [1.82, 2.24) is 30.0 Å². The number of benzene rings is 1. The summed E-state index contributed by atoms with van der Waals surface area (Å²) in [5.74, 6) is -1.92. The zero-order valence-electron chi connectivity index (χ0n) is 16.7. The van der Waals surface area contributed by atoms with Gasteiger partial charge in [-0.1, -0.05) is 0 Å². The van der Waals surface area contributed by atoms with Gasteiger partial charge in [-0.25, -0.2) is 9.97 Å². The van der Waals surface area contributed by atoms with Gasteiger partial charge < -0.3 is 10.1 Å². The van der Waals surface area contributed by atoms with Crippen molar-refractivity contribution in [1.29, 1.82) is 0 Å². The van der Waals surface area contributed by atoms with Gasteiger partial charge in [-0.05, 0) is 31.2 Å². The smallest absolute Gasteiger partial charge is 0.401 e. The SMILES string of the molecule is CC(NC(=O)c1cc(C(F)(F)F)cc(C(F)(F)F)c1)c1nc(OC(F)F)n(-c2ncccn2)n1. The van der Waals surface area contributed by atoms with Crippen LogP contribution in [0.5, 0.6) is 6.01 Å². The lowest BCUT2D eigenvalue weighted by molar-refractivity contribution is -0.143. The number of aromatic nitrogens is 5. The van der Waals surface area contributed by atoms with Gasteiger partial charge in [0.1, 0.15) is 0 Å². The molecule has 1 aromatic carbocycles. The van der Waals surface area contributed by atoms with Gasteiger partial charge in [0.25, 0.3) is 11.9 Å². The predicted octanol–water partition coefficient (Wildman–Crippen LogP) is 4.19. The van der Waals surface area contributed by atoms with Crippen LogP contribution in [0.2, 0.25) is 0 Å². The Hall–Kier alpha value is -3.85. The molecule has 34 heavy (non-hydrogen) atoms. The van der Waals surface area contributed by atoms with Crippen molar-refractivity contribution in [2.75, 3.05) is 0 Å². The quantitative estimate of drug-likeness (QED) is 0.515. The molecule has 0 saturated heterocycles. The number of carbonyl (C=O) groups excluding carboxylic acids is 1. The Morgan fingerprint density at radius 1 is 1.00 bits per heavy atom. The Bertz CT molecular complexity index is 1130. The molecule has 0 saturated carbocycles. The van der Waals surface area contributed by atoms with E-state index in [2.05, 4.69) is 30.1 Å². The number of hydrogen-bond donors (Lipinski definition) is 1. The first kappa shape index (κ1) is 24.8. The highest BCUT2D eigenvalue weighted by atomic mass is 19.4. The number of nitrogens with zero attached hydrogens (tertiary/aromatic N) is 5. The zero-order valence-corrected chi connectivity index (χ0v) is 16.7. The van der Waals surface area contributed by atoms with Gasteiger partial charge >= 0.3 is 25.0 Å². The normalized spacial score (nSPS) is 13.1. The minimum absolute atomic E-state index is 0.128. The Morgan fingerprint density at radius 3 is 2.06 bits per heavy atom. The molecule has 0 aliphatic carbocycles. The topological polar surface area (TPSA) is 94.8 Å². The molecule has 1 amide bonds. The Kier molecular flexibility index (Phi) is 6.70. The molecule has 1 atom stereocenters. The van der Waals surface area contributed by atoms with Crippen LogP contribution in [0.1, 0.15) is 40.3 Å². The van der Waals surface area contributed by atoms with Gasteiger partial charge in [-0.2, -0.15) is 40.1 Å². The number of ether oxygens (including phenoxy) is 1. The van der Waals surface area contributed by atoms with E-state index in [9.17, 15) is 39.9 Å². The maximum absolute atomic E-state index is 13.0. The average Bonchev–Trinajstić information content (AvgIpc) is 3.16. The van der Waals surface area contributed by atoms with Crippen molar-refractivity contribution < 1.29 is 44.7 Å². The molecule has 0 radical (unpaired) electrons. The van der Waals surface area contributed by atoms with E-state index in [0.29, 0.717) is 4.68 Å². The van der Waals surface area contributed by atoms with Crippen LogP contribution in [0.15, 0.2) is 36.7 Å². The number of halogens is 8. The van der Waals surface area contributed by atoms with Crippen LogP contribution in [0, 0.1) is 0 Å². The molecule has 182 valence electrons. The molecule has 1 unspecified atom stereocenters. The number of nitrogens with one attached hydrogen (secondary N) is 1. The van der Waals surface area contributed by atoms with E-state index < -0.39 is 53.6 Å². The largest absolute Gasteiger partial charge is 0.416 e. The van der Waals surface area contributed by atoms with Crippen molar-refractivity contribution in [2.24, 2.45) is 0 Å². The maximum atomic E-state index is 13.0. The van der Waals surface area contributed by atoms with Crippen LogP contribution in [0.3, 0.4) is 0 Å². The fraction of sp³-hybridized carbons (Fsp3) is 0.278. The predicted molar refractivity (Wildman–Crippen MR) is 95.9 cm³/mol. The molecule has 0 fully saturated rings. The fourth-order valence-corrected chi connectivity index (χ4v) is 2.61. The van der Waals surface area contributed by atoms with E-state index >= 15 is 0 Å². The third-order valence-electron chi connectivity index (χ3n) is 4.11. The lowest BCUT2D eigenvalue weighted by Gasteiger charge is -2.15. The van der Waals surface area contributed by atoms with Crippen molar-refractivity contribution in [3.8, 4) is 12.0 Å². The van der Waals surface area contributed by atoms with Gasteiger partial charge in [0, 0.05) is 18.0 Å². The molecule has 0 bridgehead atoms. The number of rotatable bonds is 6. The summed E-state index contributed by atoms with van der Waals surface area (Å²) >= 11 is 0. The molecule has 3 rings (SSSR count). The molecule has 8 nitrogen and oxygen atoms in total. The van der Waals surface area contributed by atoms with E-state index in [1.54, 1.807) is 0 Å². The molecule has 2 aromatic heterocycles. The third kappa shape index (κ3) is 5.74. The first-order valence-electron chi connectivity index (χ1n) is 9.05. The number of alkyl halides is 8. The Labute approximate surface area is 184 Å². The standard InChI is InChI=1S/C18H12F8N6O2/c1-8(12-30-16(34-14(19)20)32(31-12)15-27-3-2-4-28-15)29-13(33)9-5-10(17(21,22)23)7-11(6-9)18(24,25)26/h2-8,14H,1H3,(H,29,33). The number of hydrogen-bond acceptors (Lipinski definition) is 6. The molecule has 0 spiro atoms. The monoisotopic (exact) mass is 496 g/mol. The second-order valence-corrected chi connectivity index (χ2v) is 6.58. The van der Waals surface area contributed by atoms with E-state index in [-0.39, 0.29) is 30.0 Å². The van der Waals surface area contributed by atoms with Gasteiger partial charge in [0.05, 0.1) is 17.2 Å². The highest BCUT2D eigenvalue weighted by Gasteiger charge is 2.37. The first-order valence-corrected chi connectivity index (χ1v) is 9.05. The van der Waals surface area contributed by atoms with Crippen molar-refractivity contribution in [3.63, 3.8) is 0 Å². The van der Waals surface area contributed by atoms with E-state index in [4.69, 9.17) is 0 Å². The highest BCUT2D eigenvalue weighted by Crippen LogP contribution is 2.36. The summed E-state index contributed by atoms with van der Waals surface area (Å²) in [7, 11) is 0. The summed E-state index contributed by atoms with van der Waals surface area (Å²) in [6.07, 6.45) is -7.79. The molecule has 3 aromatic rings. The van der Waals surface area contributed by atoms with Gasteiger partial charge in [0.15, 0.2) is 5.82 Å². The van der Waals surface area contributed by atoms with Crippen LogP contribution in [-0.4, -0.2) is 37.3 Å². The molecule has 0 aliphatic heterocycles. The highest BCUT2D eigenvalue weighted by molar-refractivity contribution is 5.94. The number of carbonyl (C=O) groups is 1. The molecule has 0 aliphatic rings. The fourth-order valence-electron chi connectivity index (χ4n) is 2.61. The summed E-state index contributed by atoms with van der Waals surface area (Å²) in [5.41, 5.74) is -4.31. The summed E-state index contributed by atoms with van der Waals surface area (Å²) in [6.45, 7) is -2.11. The summed E-state index contributed by atoms with van der Waals surface area (Å²) < 4.78 is 109. The molecular formula is C18H12F8N6O2. The molecular weight excluding hydrogens is 484 g/mol. The maximum Gasteiger partial charge on any atom is 0.416 e. The van der Waals surface area contributed by atoms with Gasteiger partial charge in [0.2, 0.25) is 0 Å².